The molecule has 0 bridgehead atoms. The quantitative estimate of drug-likeness (QED) is 0.790. The van der Waals surface area contributed by atoms with Gasteiger partial charge in [-0.3, -0.25) is 0 Å². The summed E-state index contributed by atoms with van der Waals surface area (Å²) in [5.74, 6) is 1.00. The van der Waals surface area contributed by atoms with E-state index >= 15 is 0 Å². The van der Waals surface area contributed by atoms with E-state index in [1.54, 1.807) is 6.20 Å². The highest BCUT2D eigenvalue weighted by Gasteiger charge is 2.39. The summed E-state index contributed by atoms with van der Waals surface area (Å²) in [6, 6.07) is 1.92. The first-order valence-electron chi connectivity index (χ1n) is 7.07. The fourth-order valence-electron chi connectivity index (χ4n) is 2.58. The Bertz CT molecular complexity index is 809. The summed E-state index contributed by atoms with van der Waals surface area (Å²) in [5.41, 5.74) is 7.92. The second-order valence-corrected chi connectivity index (χ2v) is 5.49. The maximum atomic E-state index is 6.21. The van der Waals surface area contributed by atoms with E-state index in [1.807, 2.05) is 13.0 Å². The molecule has 8 heteroatoms. The molecule has 1 fully saturated rings. The Morgan fingerprint density at radius 1 is 1.27 bits per heavy atom. The lowest BCUT2D eigenvalue weighted by molar-refractivity contribution is 0.229. The summed E-state index contributed by atoms with van der Waals surface area (Å²) >= 11 is 0. The molecule has 0 aromatic carbocycles. The zero-order valence-electron chi connectivity index (χ0n) is 12.1. The largest absolute Gasteiger partial charge is 0.336 e. The van der Waals surface area contributed by atoms with Crippen molar-refractivity contribution in [1.29, 1.82) is 0 Å². The van der Waals surface area contributed by atoms with Gasteiger partial charge in [-0.1, -0.05) is 17.2 Å². The Hall–Kier alpha value is -1.99. The molecule has 0 atom stereocenters. The standard InChI is InChI=1S/C14H15N5O2.ClH/c1-2-10-9-6-8(7-16-12(9)21-18-10)11-17-13(19-20-11)14(15)4-3-5-14;/h6-7H,2-5,15H2,1H3;1H. The van der Waals surface area contributed by atoms with E-state index < -0.39 is 5.54 Å². The van der Waals surface area contributed by atoms with Crippen molar-refractivity contribution in [3.8, 4) is 11.5 Å². The summed E-state index contributed by atoms with van der Waals surface area (Å²) in [4.78, 5) is 8.67. The molecule has 7 nitrogen and oxygen atoms in total. The van der Waals surface area contributed by atoms with Crippen LogP contribution in [-0.2, 0) is 12.0 Å². The third-order valence-electron chi connectivity index (χ3n) is 4.10. The van der Waals surface area contributed by atoms with Crippen LogP contribution in [-0.4, -0.2) is 20.3 Å². The van der Waals surface area contributed by atoms with Crippen molar-refractivity contribution in [3.05, 3.63) is 23.8 Å². The van der Waals surface area contributed by atoms with Crippen molar-refractivity contribution in [3.63, 3.8) is 0 Å². The zero-order chi connectivity index (χ0) is 14.4. The molecule has 3 heterocycles. The lowest BCUT2D eigenvalue weighted by atomic mass is 9.77. The molecule has 3 aromatic heterocycles. The van der Waals surface area contributed by atoms with Crippen LogP contribution in [0, 0.1) is 0 Å². The Morgan fingerprint density at radius 2 is 2.09 bits per heavy atom. The highest BCUT2D eigenvalue weighted by molar-refractivity contribution is 5.85. The molecular formula is C14H16ClN5O2. The molecule has 0 unspecified atom stereocenters. The summed E-state index contributed by atoms with van der Waals surface area (Å²) in [5, 5.41) is 8.89. The number of aromatic nitrogens is 4. The Labute approximate surface area is 132 Å². The molecule has 22 heavy (non-hydrogen) atoms. The molecule has 0 radical (unpaired) electrons. The van der Waals surface area contributed by atoms with Gasteiger partial charge in [-0.15, -0.1) is 12.4 Å². The van der Waals surface area contributed by atoms with Crippen LogP contribution in [0.4, 0.5) is 0 Å². The van der Waals surface area contributed by atoms with Crippen molar-refractivity contribution in [1.82, 2.24) is 20.3 Å². The molecule has 0 aliphatic heterocycles. The lowest BCUT2D eigenvalue weighted by Gasteiger charge is -2.34. The average Bonchev–Trinajstić information content (AvgIpc) is 3.10. The lowest BCUT2D eigenvalue weighted by Crippen LogP contribution is -2.44. The summed E-state index contributed by atoms with van der Waals surface area (Å²) in [6.07, 6.45) is 5.32. The molecule has 1 saturated carbocycles. The van der Waals surface area contributed by atoms with E-state index in [0.29, 0.717) is 17.4 Å². The molecule has 0 saturated heterocycles. The number of hydrogen-bond donors (Lipinski definition) is 1. The zero-order valence-corrected chi connectivity index (χ0v) is 12.9. The minimum atomic E-state index is -0.426. The summed E-state index contributed by atoms with van der Waals surface area (Å²) < 4.78 is 10.5. The van der Waals surface area contributed by atoms with E-state index in [0.717, 1.165) is 42.3 Å². The number of halogens is 1. The smallest absolute Gasteiger partial charge is 0.259 e. The maximum Gasteiger partial charge on any atom is 0.259 e. The number of rotatable bonds is 3. The molecule has 0 amide bonds. The van der Waals surface area contributed by atoms with E-state index in [-0.39, 0.29) is 12.4 Å². The maximum absolute atomic E-state index is 6.21. The second-order valence-electron chi connectivity index (χ2n) is 5.49. The topological polar surface area (TPSA) is 104 Å². The van der Waals surface area contributed by atoms with E-state index in [9.17, 15) is 0 Å². The summed E-state index contributed by atoms with van der Waals surface area (Å²) in [7, 11) is 0. The van der Waals surface area contributed by atoms with Gasteiger partial charge >= 0.3 is 0 Å². The monoisotopic (exact) mass is 321 g/mol. The van der Waals surface area contributed by atoms with Crippen molar-refractivity contribution < 1.29 is 9.05 Å². The molecule has 1 aliphatic rings. The Kier molecular flexibility index (Phi) is 3.62. The van der Waals surface area contributed by atoms with E-state index in [4.69, 9.17) is 14.8 Å². The van der Waals surface area contributed by atoms with Crippen molar-refractivity contribution in [2.75, 3.05) is 0 Å². The number of nitrogens with zero attached hydrogens (tertiary/aromatic N) is 4. The predicted octanol–water partition coefficient (Wildman–Crippen LogP) is 2.59. The van der Waals surface area contributed by atoms with Gasteiger partial charge in [-0.25, -0.2) is 4.98 Å². The molecule has 4 rings (SSSR count). The van der Waals surface area contributed by atoms with Gasteiger partial charge in [0.25, 0.3) is 11.6 Å². The molecule has 3 aromatic rings. The van der Waals surface area contributed by atoms with Gasteiger partial charge in [0.05, 0.1) is 22.2 Å². The molecule has 116 valence electrons. The van der Waals surface area contributed by atoms with Gasteiger partial charge in [-0.05, 0) is 31.7 Å². The third-order valence-corrected chi connectivity index (χ3v) is 4.10. The number of fused-ring (bicyclic) bond motifs is 1. The Morgan fingerprint density at radius 3 is 2.77 bits per heavy atom. The second kappa shape index (κ2) is 5.33. The third kappa shape index (κ3) is 2.17. The first-order chi connectivity index (χ1) is 10.2. The van der Waals surface area contributed by atoms with Gasteiger partial charge in [0.2, 0.25) is 0 Å². The van der Waals surface area contributed by atoms with E-state index in [1.165, 1.54) is 0 Å². The van der Waals surface area contributed by atoms with Gasteiger partial charge in [0.15, 0.2) is 5.82 Å². The van der Waals surface area contributed by atoms with Crippen LogP contribution in [0.2, 0.25) is 0 Å². The molecule has 0 spiro atoms. The van der Waals surface area contributed by atoms with Crippen LogP contribution in [0.1, 0.15) is 37.7 Å². The number of aryl methyl sites for hydroxylation is 1. The van der Waals surface area contributed by atoms with Crippen molar-refractivity contribution in [2.45, 2.75) is 38.1 Å². The van der Waals surface area contributed by atoms with E-state index in [2.05, 4.69) is 20.3 Å². The van der Waals surface area contributed by atoms with Crippen LogP contribution in [0.3, 0.4) is 0 Å². The first-order valence-corrected chi connectivity index (χ1v) is 7.07. The fraction of sp³-hybridized carbons (Fsp3) is 0.429. The SMILES string of the molecule is CCc1noc2ncc(-c3nc(C4(N)CCC4)no3)cc12.Cl. The normalized spacial score (nSPS) is 16.3. The van der Waals surface area contributed by atoms with Gasteiger partial charge in [-0.2, -0.15) is 4.98 Å². The number of hydrogen-bond acceptors (Lipinski definition) is 7. The molecular weight excluding hydrogens is 306 g/mol. The van der Waals surface area contributed by atoms with Crippen LogP contribution in [0.15, 0.2) is 21.3 Å². The van der Waals surface area contributed by atoms with Gasteiger partial charge in [0, 0.05) is 6.20 Å². The average molecular weight is 322 g/mol. The van der Waals surface area contributed by atoms with Crippen LogP contribution in [0.5, 0.6) is 0 Å². The van der Waals surface area contributed by atoms with Crippen LogP contribution < -0.4 is 5.73 Å². The van der Waals surface area contributed by atoms with Crippen LogP contribution in [0.25, 0.3) is 22.6 Å². The molecule has 1 aliphatic carbocycles. The predicted molar refractivity (Wildman–Crippen MR) is 81.4 cm³/mol. The fourth-order valence-corrected chi connectivity index (χ4v) is 2.58. The first kappa shape index (κ1) is 14.9. The van der Waals surface area contributed by atoms with Crippen molar-refractivity contribution >= 4 is 23.5 Å². The highest BCUT2D eigenvalue weighted by atomic mass is 35.5. The highest BCUT2D eigenvalue weighted by Crippen LogP contribution is 2.37. The van der Waals surface area contributed by atoms with Crippen LogP contribution >= 0.6 is 12.4 Å². The minimum absolute atomic E-state index is 0. The van der Waals surface area contributed by atoms with Gasteiger partial charge in [0.1, 0.15) is 0 Å². The van der Waals surface area contributed by atoms with Gasteiger partial charge < -0.3 is 14.8 Å². The minimum Gasteiger partial charge on any atom is -0.336 e. The summed E-state index contributed by atoms with van der Waals surface area (Å²) in [6.45, 7) is 2.02. The molecule has 2 N–H and O–H groups in total. The van der Waals surface area contributed by atoms with Crippen molar-refractivity contribution in [2.24, 2.45) is 5.73 Å². The number of nitrogens with two attached hydrogens (primary N) is 1. The Balaban J connectivity index is 0.00000144. The number of pyridine rings is 1.